The van der Waals surface area contributed by atoms with E-state index in [4.69, 9.17) is 0 Å². The van der Waals surface area contributed by atoms with Gasteiger partial charge < -0.3 is 0 Å². The highest BCUT2D eigenvalue weighted by Crippen LogP contribution is 1.99. The molecular weight excluding hydrogens is 136 g/mol. The van der Waals surface area contributed by atoms with Crippen molar-refractivity contribution in [2.45, 2.75) is 33.1 Å². The highest BCUT2D eigenvalue weighted by molar-refractivity contribution is 5.06. The van der Waals surface area contributed by atoms with Crippen LogP contribution in [0.25, 0.3) is 0 Å². The second-order valence-corrected chi connectivity index (χ2v) is 2.62. The van der Waals surface area contributed by atoms with Crippen LogP contribution in [0, 0.1) is 0 Å². The van der Waals surface area contributed by atoms with Gasteiger partial charge in [-0.2, -0.15) is 10.2 Å². The Hall–Kier alpha value is -0.920. The normalized spacial score (nSPS) is 10.0. The summed E-state index contributed by atoms with van der Waals surface area (Å²) in [6.45, 7) is 4.24. The molecule has 0 saturated carbocycles. The van der Waals surface area contributed by atoms with Crippen LogP contribution in [0.5, 0.6) is 0 Å². The van der Waals surface area contributed by atoms with Gasteiger partial charge in [-0.25, -0.2) is 0 Å². The summed E-state index contributed by atoms with van der Waals surface area (Å²) in [5.74, 6) is 0. The van der Waals surface area contributed by atoms with Gasteiger partial charge in [0.2, 0.25) is 0 Å². The number of aromatic nitrogens is 2. The maximum atomic E-state index is 4.09. The third-order valence-corrected chi connectivity index (χ3v) is 1.64. The predicted molar refractivity (Wildman–Crippen MR) is 45.4 cm³/mol. The Kier molecular flexibility index (Phi) is 3.02. The van der Waals surface area contributed by atoms with Crippen molar-refractivity contribution in [2.24, 2.45) is 0 Å². The molecule has 11 heavy (non-hydrogen) atoms. The van der Waals surface area contributed by atoms with E-state index in [0.717, 1.165) is 30.7 Å². The lowest BCUT2D eigenvalue weighted by molar-refractivity contribution is 0.813. The lowest BCUT2D eigenvalue weighted by Crippen LogP contribution is -1.95. The van der Waals surface area contributed by atoms with E-state index >= 15 is 0 Å². The van der Waals surface area contributed by atoms with Crippen molar-refractivity contribution in [3.63, 3.8) is 0 Å². The molecule has 0 fully saturated rings. The van der Waals surface area contributed by atoms with Crippen molar-refractivity contribution in [3.05, 3.63) is 23.5 Å². The van der Waals surface area contributed by atoms with Gasteiger partial charge in [-0.15, -0.1) is 0 Å². The van der Waals surface area contributed by atoms with Crippen molar-refractivity contribution < 1.29 is 0 Å². The summed E-state index contributed by atoms with van der Waals surface area (Å²) in [5, 5.41) is 8.16. The van der Waals surface area contributed by atoms with Crippen LogP contribution in [-0.4, -0.2) is 10.2 Å². The molecule has 1 rings (SSSR count). The van der Waals surface area contributed by atoms with Gasteiger partial charge in [0, 0.05) is 0 Å². The maximum Gasteiger partial charge on any atom is 0.0631 e. The van der Waals surface area contributed by atoms with Crippen molar-refractivity contribution in [3.8, 4) is 0 Å². The van der Waals surface area contributed by atoms with E-state index in [9.17, 15) is 0 Å². The van der Waals surface area contributed by atoms with E-state index in [1.807, 2.05) is 0 Å². The zero-order valence-corrected chi connectivity index (χ0v) is 7.17. The first kappa shape index (κ1) is 8.18. The van der Waals surface area contributed by atoms with Crippen molar-refractivity contribution in [2.75, 3.05) is 0 Å². The molecule has 1 aromatic heterocycles. The number of hydrogen-bond donors (Lipinski definition) is 0. The fraction of sp³-hybridized carbons (Fsp3) is 0.556. The second-order valence-electron chi connectivity index (χ2n) is 2.62. The van der Waals surface area contributed by atoms with Gasteiger partial charge in [-0.3, -0.25) is 0 Å². The average molecular weight is 150 g/mol. The average Bonchev–Trinajstić information content (AvgIpc) is 2.07. The molecule has 60 valence electrons. The standard InChI is InChI=1S/C9H14N2/c1-3-5-9-7-6-8(4-2)10-11-9/h6-7H,3-5H2,1-2H3. The van der Waals surface area contributed by atoms with Crippen LogP contribution in [0.4, 0.5) is 0 Å². The summed E-state index contributed by atoms with van der Waals surface area (Å²) in [6.07, 6.45) is 3.15. The summed E-state index contributed by atoms with van der Waals surface area (Å²) >= 11 is 0. The molecule has 0 amide bonds. The first-order valence-electron chi connectivity index (χ1n) is 4.18. The van der Waals surface area contributed by atoms with Gasteiger partial charge in [-0.05, 0) is 25.0 Å². The van der Waals surface area contributed by atoms with E-state index in [1.54, 1.807) is 0 Å². The van der Waals surface area contributed by atoms with Gasteiger partial charge in [0.25, 0.3) is 0 Å². The van der Waals surface area contributed by atoms with Crippen LogP contribution in [0.15, 0.2) is 12.1 Å². The van der Waals surface area contributed by atoms with E-state index in [1.165, 1.54) is 0 Å². The van der Waals surface area contributed by atoms with Crippen molar-refractivity contribution in [1.29, 1.82) is 0 Å². The summed E-state index contributed by atoms with van der Waals surface area (Å²) in [4.78, 5) is 0. The predicted octanol–water partition coefficient (Wildman–Crippen LogP) is 1.99. The number of hydrogen-bond acceptors (Lipinski definition) is 2. The Bertz CT molecular complexity index is 203. The van der Waals surface area contributed by atoms with Crippen LogP contribution >= 0.6 is 0 Å². The topological polar surface area (TPSA) is 25.8 Å². The molecule has 1 heterocycles. The summed E-state index contributed by atoms with van der Waals surface area (Å²) in [7, 11) is 0. The van der Waals surface area contributed by atoms with Crippen LogP contribution in [0.2, 0.25) is 0 Å². The Balaban J connectivity index is 2.66. The minimum absolute atomic E-state index is 0.972. The summed E-state index contributed by atoms with van der Waals surface area (Å²) in [6, 6.07) is 4.12. The van der Waals surface area contributed by atoms with Gasteiger partial charge in [0.15, 0.2) is 0 Å². The second kappa shape index (κ2) is 4.06. The quantitative estimate of drug-likeness (QED) is 0.658. The monoisotopic (exact) mass is 150 g/mol. The third kappa shape index (κ3) is 2.30. The van der Waals surface area contributed by atoms with Crippen LogP contribution in [0.1, 0.15) is 31.7 Å². The van der Waals surface area contributed by atoms with E-state index in [0.29, 0.717) is 0 Å². The number of nitrogens with zero attached hydrogens (tertiary/aromatic N) is 2. The van der Waals surface area contributed by atoms with Crippen LogP contribution in [-0.2, 0) is 12.8 Å². The summed E-state index contributed by atoms with van der Waals surface area (Å²) < 4.78 is 0. The van der Waals surface area contributed by atoms with Crippen LogP contribution in [0.3, 0.4) is 0 Å². The fourth-order valence-corrected chi connectivity index (χ4v) is 0.966. The SMILES string of the molecule is CCCc1ccc(CC)nn1. The lowest BCUT2D eigenvalue weighted by Gasteiger charge is -1.96. The fourth-order valence-electron chi connectivity index (χ4n) is 0.966. The number of rotatable bonds is 3. The van der Waals surface area contributed by atoms with Gasteiger partial charge >= 0.3 is 0 Å². The molecule has 2 heteroatoms. The minimum Gasteiger partial charge on any atom is -0.155 e. The summed E-state index contributed by atoms with van der Waals surface area (Å²) in [5.41, 5.74) is 2.18. The Labute approximate surface area is 67.7 Å². The van der Waals surface area contributed by atoms with Crippen molar-refractivity contribution >= 4 is 0 Å². The molecule has 0 unspecified atom stereocenters. The Morgan fingerprint density at radius 1 is 1.09 bits per heavy atom. The first-order chi connectivity index (χ1) is 5.36. The molecule has 0 spiro atoms. The van der Waals surface area contributed by atoms with Gasteiger partial charge in [0.1, 0.15) is 0 Å². The zero-order chi connectivity index (χ0) is 8.10. The molecule has 1 aromatic rings. The van der Waals surface area contributed by atoms with Gasteiger partial charge in [-0.1, -0.05) is 20.3 Å². The molecule has 0 aliphatic carbocycles. The van der Waals surface area contributed by atoms with E-state index in [-0.39, 0.29) is 0 Å². The Morgan fingerprint density at radius 3 is 2.18 bits per heavy atom. The molecule has 0 bridgehead atoms. The van der Waals surface area contributed by atoms with Crippen LogP contribution < -0.4 is 0 Å². The first-order valence-corrected chi connectivity index (χ1v) is 4.18. The molecule has 0 aliphatic rings. The van der Waals surface area contributed by atoms with E-state index < -0.39 is 0 Å². The molecule has 0 atom stereocenters. The van der Waals surface area contributed by atoms with Crippen molar-refractivity contribution in [1.82, 2.24) is 10.2 Å². The molecule has 0 aliphatic heterocycles. The lowest BCUT2D eigenvalue weighted by atomic mass is 10.2. The minimum atomic E-state index is 0.972. The number of aryl methyl sites for hydroxylation is 2. The molecule has 0 radical (unpaired) electrons. The largest absolute Gasteiger partial charge is 0.155 e. The maximum absolute atomic E-state index is 4.09. The molecule has 0 N–H and O–H groups in total. The zero-order valence-electron chi connectivity index (χ0n) is 7.17. The van der Waals surface area contributed by atoms with Gasteiger partial charge in [0.05, 0.1) is 11.4 Å². The smallest absolute Gasteiger partial charge is 0.0631 e. The third-order valence-electron chi connectivity index (χ3n) is 1.64. The highest BCUT2D eigenvalue weighted by atomic mass is 15.1. The molecule has 0 saturated heterocycles. The van der Waals surface area contributed by atoms with E-state index in [2.05, 4.69) is 36.2 Å². The Morgan fingerprint density at radius 2 is 1.73 bits per heavy atom. The molecular formula is C9H14N2. The molecule has 2 nitrogen and oxygen atoms in total. The highest BCUT2D eigenvalue weighted by Gasteiger charge is 1.93. The molecule has 0 aromatic carbocycles.